The molecule has 41 heavy (non-hydrogen) atoms. The molecule has 0 N–H and O–H groups in total. The number of ether oxygens (including phenoxy) is 2. The second kappa shape index (κ2) is 13.9. The molecule has 0 bridgehead atoms. The van der Waals surface area contributed by atoms with Gasteiger partial charge in [-0.2, -0.15) is 0 Å². The summed E-state index contributed by atoms with van der Waals surface area (Å²) in [6, 6.07) is 10.8. The zero-order valence-electron chi connectivity index (χ0n) is 23.0. The number of amides is 2. The van der Waals surface area contributed by atoms with E-state index in [4.69, 9.17) is 14.3 Å². The first-order valence-electron chi connectivity index (χ1n) is 13.8. The number of Topliss-reactive ketones (excluding diaryl/α,β-unsaturated/α-hetero) is 2. The van der Waals surface area contributed by atoms with E-state index < -0.39 is 23.9 Å². The van der Waals surface area contributed by atoms with Gasteiger partial charge in [0.25, 0.3) is 11.8 Å². The molecule has 1 atom stereocenters. The van der Waals surface area contributed by atoms with Crippen molar-refractivity contribution in [1.82, 2.24) is 5.06 Å². The Labute approximate surface area is 237 Å². The smallest absolute Gasteiger partial charge is 0.432 e. The summed E-state index contributed by atoms with van der Waals surface area (Å²) in [5, 5.41) is 0.417. The van der Waals surface area contributed by atoms with Gasteiger partial charge in [-0.05, 0) is 60.1 Å². The third-order valence-corrected chi connectivity index (χ3v) is 7.31. The lowest BCUT2D eigenvalue weighted by atomic mass is 9.93. The maximum atomic E-state index is 12.9. The fraction of sp³-hybridized carbons (Fsp3) is 0.419. The molecule has 1 heterocycles. The molecule has 0 aromatic heterocycles. The van der Waals surface area contributed by atoms with Crippen LogP contribution in [-0.2, 0) is 28.7 Å². The van der Waals surface area contributed by atoms with Crippen molar-refractivity contribution in [2.45, 2.75) is 63.7 Å². The van der Waals surface area contributed by atoms with Crippen molar-refractivity contribution in [3.8, 4) is 11.1 Å². The van der Waals surface area contributed by atoms with Crippen LogP contribution in [0, 0.1) is 0 Å². The predicted molar refractivity (Wildman–Crippen MR) is 146 cm³/mol. The van der Waals surface area contributed by atoms with E-state index in [0.29, 0.717) is 61.3 Å². The van der Waals surface area contributed by atoms with Crippen molar-refractivity contribution in [1.29, 1.82) is 0 Å². The van der Waals surface area contributed by atoms with Crippen molar-refractivity contribution in [2.75, 3.05) is 20.3 Å². The lowest BCUT2D eigenvalue weighted by molar-refractivity contribution is -0.177. The summed E-state index contributed by atoms with van der Waals surface area (Å²) in [4.78, 5) is 77.3. The van der Waals surface area contributed by atoms with Crippen LogP contribution < -0.4 is 0 Å². The normalized spacial score (nSPS) is 15.4. The minimum atomic E-state index is -1.20. The second-order valence-electron chi connectivity index (χ2n) is 10.1. The standard InChI is InChI=1S/C31H33NO9/c1-39-16-6-4-8-28(35)21-10-12-23-22-11-9-20(27(34)7-3-2-5-15-33)17-24(22)26(25(23)18-21)19-40-31(38)41-32-29(36)13-14-30(32)37/h9-12,15,17-18,26H,2-8,13-14,16,19H2,1H3. The van der Waals surface area contributed by atoms with Crippen LogP contribution in [-0.4, -0.2) is 61.2 Å². The highest BCUT2D eigenvalue weighted by Gasteiger charge is 2.35. The van der Waals surface area contributed by atoms with Crippen molar-refractivity contribution in [3.05, 3.63) is 58.7 Å². The first-order valence-corrected chi connectivity index (χ1v) is 13.8. The average Bonchev–Trinajstić information content (AvgIpc) is 3.46. The lowest BCUT2D eigenvalue weighted by Crippen LogP contribution is -2.32. The molecule has 2 aromatic carbocycles. The monoisotopic (exact) mass is 563 g/mol. The summed E-state index contributed by atoms with van der Waals surface area (Å²) in [5.41, 5.74) is 4.25. The maximum absolute atomic E-state index is 12.9. The number of ketones is 2. The molecule has 2 aliphatic rings. The van der Waals surface area contributed by atoms with E-state index in [2.05, 4.69) is 0 Å². The first kappa shape index (κ1) is 29.8. The lowest BCUT2D eigenvalue weighted by Gasteiger charge is -2.17. The predicted octanol–water partition coefficient (Wildman–Crippen LogP) is 4.96. The minimum Gasteiger partial charge on any atom is -0.432 e. The van der Waals surface area contributed by atoms with E-state index in [9.17, 15) is 28.8 Å². The summed E-state index contributed by atoms with van der Waals surface area (Å²) in [6.07, 6.45) is 3.32. The number of rotatable bonds is 15. The van der Waals surface area contributed by atoms with Gasteiger partial charge in [0.05, 0.1) is 0 Å². The molecule has 1 fully saturated rings. The number of nitrogens with zero attached hydrogens (tertiary/aromatic N) is 1. The van der Waals surface area contributed by atoms with Crippen LogP contribution in [0.15, 0.2) is 36.4 Å². The topological polar surface area (TPSA) is 133 Å². The van der Waals surface area contributed by atoms with Crippen molar-refractivity contribution >= 4 is 35.8 Å². The Bertz CT molecular complexity index is 1330. The number of hydrogen-bond donors (Lipinski definition) is 0. The summed E-state index contributed by atoms with van der Waals surface area (Å²) in [7, 11) is 1.62. The zero-order valence-corrected chi connectivity index (χ0v) is 23.0. The number of carbonyl (C=O) groups is 6. The molecule has 1 aliphatic heterocycles. The SMILES string of the molecule is COCCCCC(=O)c1ccc2c(c1)C(COC(=O)ON1C(=O)CCC1=O)c1cc(C(=O)CCCCC=O)ccc1-2. The third-order valence-electron chi connectivity index (χ3n) is 7.31. The molecule has 2 amide bonds. The van der Waals surface area contributed by atoms with Gasteiger partial charge in [0.2, 0.25) is 0 Å². The summed E-state index contributed by atoms with van der Waals surface area (Å²) >= 11 is 0. The van der Waals surface area contributed by atoms with E-state index in [-0.39, 0.29) is 31.0 Å². The van der Waals surface area contributed by atoms with Gasteiger partial charge in [0.1, 0.15) is 12.9 Å². The summed E-state index contributed by atoms with van der Waals surface area (Å²) in [5.74, 6) is -1.83. The molecule has 2 aromatic rings. The minimum absolute atomic E-state index is 0.0174. The van der Waals surface area contributed by atoms with Crippen molar-refractivity contribution in [3.63, 3.8) is 0 Å². The number of unbranched alkanes of at least 4 members (excludes halogenated alkanes) is 3. The maximum Gasteiger partial charge on any atom is 0.533 e. The molecular weight excluding hydrogens is 530 g/mol. The quantitative estimate of drug-likeness (QED) is 0.0969. The Hall–Kier alpha value is -4.18. The Kier molecular flexibility index (Phi) is 10.1. The van der Waals surface area contributed by atoms with Crippen LogP contribution in [0.4, 0.5) is 4.79 Å². The largest absolute Gasteiger partial charge is 0.533 e. The van der Waals surface area contributed by atoms with E-state index in [1.54, 1.807) is 31.4 Å². The van der Waals surface area contributed by atoms with Crippen LogP contribution in [0.3, 0.4) is 0 Å². The number of aldehydes is 1. The Morgan fingerprint density at radius 2 is 1.41 bits per heavy atom. The van der Waals surface area contributed by atoms with Crippen LogP contribution in [0.1, 0.15) is 95.5 Å². The van der Waals surface area contributed by atoms with Gasteiger partial charge < -0.3 is 14.3 Å². The van der Waals surface area contributed by atoms with E-state index >= 15 is 0 Å². The van der Waals surface area contributed by atoms with Gasteiger partial charge in [-0.25, -0.2) is 4.79 Å². The molecule has 4 rings (SSSR count). The molecular formula is C31H33NO9. The van der Waals surface area contributed by atoms with Gasteiger partial charge in [0.15, 0.2) is 11.6 Å². The van der Waals surface area contributed by atoms with Crippen molar-refractivity contribution < 1.29 is 43.1 Å². The molecule has 1 aliphatic carbocycles. The Balaban J connectivity index is 1.56. The number of methoxy groups -OCH3 is 1. The molecule has 0 spiro atoms. The highest BCUT2D eigenvalue weighted by atomic mass is 16.8. The second-order valence-corrected chi connectivity index (χ2v) is 10.1. The van der Waals surface area contributed by atoms with Crippen LogP contribution >= 0.6 is 0 Å². The summed E-state index contributed by atoms with van der Waals surface area (Å²) in [6.45, 7) is 0.382. The van der Waals surface area contributed by atoms with Gasteiger partial charge in [0, 0.05) is 62.9 Å². The molecule has 216 valence electrons. The summed E-state index contributed by atoms with van der Waals surface area (Å²) < 4.78 is 10.4. The number of hydrogen-bond acceptors (Lipinski definition) is 9. The van der Waals surface area contributed by atoms with Gasteiger partial charge in [-0.3, -0.25) is 24.0 Å². The van der Waals surface area contributed by atoms with E-state index in [1.165, 1.54) is 0 Å². The molecule has 1 saturated heterocycles. The van der Waals surface area contributed by atoms with E-state index in [0.717, 1.165) is 35.0 Å². The molecule has 0 saturated carbocycles. The van der Waals surface area contributed by atoms with Crippen LogP contribution in [0.25, 0.3) is 11.1 Å². The first-order chi connectivity index (χ1) is 19.8. The fourth-order valence-corrected chi connectivity index (χ4v) is 5.13. The fourth-order valence-electron chi connectivity index (χ4n) is 5.13. The van der Waals surface area contributed by atoms with Gasteiger partial charge >= 0.3 is 6.16 Å². The highest BCUT2D eigenvalue weighted by molar-refractivity contribution is 6.01. The molecule has 10 heteroatoms. The van der Waals surface area contributed by atoms with Crippen LogP contribution in [0.5, 0.6) is 0 Å². The Morgan fingerprint density at radius 1 is 0.854 bits per heavy atom. The number of benzene rings is 2. The molecule has 10 nitrogen and oxygen atoms in total. The average molecular weight is 564 g/mol. The van der Waals surface area contributed by atoms with E-state index in [1.807, 2.05) is 12.1 Å². The van der Waals surface area contributed by atoms with Gasteiger partial charge in [-0.1, -0.05) is 29.3 Å². The molecule has 1 unspecified atom stereocenters. The Morgan fingerprint density at radius 3 is 1.95 bits per heavy atom. The van der Waals surface area contributed by atoms with Crippen molar-refractivity contribution in [2.24, 2.45) is 0 Å². The number of hydroxylamine groups is 2. The number of imide groups is 1. The highest BCUT2D eigenvalue weighted by Crippen LogP contribution is 2.46. The number of fused-ring (bicyclic) bond motifs is 3. The van der Waals surface area contributed by atoms with Crippen LogP contribution in [0.2, 0.25) is 0 Å². The van der Waals surface area contributed by atoms with Gasteiger partial charge in [-0.15, -0.1) is 0 Å². The zero-order chi connectivity index (χ0) is 29.4. The molecule has 0 radical (unpaired) electrons. The number of carbonyl (C=O) groups excluding carboxylic acids is 6. The third kappa shape index (κ3) is 7.13.